The number of nitrogens with zero attached hydrogens (tertiary/aromatic N) is 3. The molecule has 1 aliphatic rings. The average Bonchev–Trinajstić information content (AvgIpc) is 3.35. The van der Waals surface area contributed by atoms with Crippen LogP contribution in [0.5, 0.6) is 0 Å². The molecule has 2 aromatic rings. The zero-order valence-corrected chi connectivity index (χ0v) is 20.6. The standard InChI is InChI=1S/C26H33N5O4/c1-26(2,3)24(25(34)27-4)28-22(32)14-15-23(33)31(35)30-17-16-29(18-30)21-12-10-20(11-13-21)19-8-6-5-7-9-19/h5-13,16-17,24,35H,14-15,18H2,1-4H3,(H,27,34)(H,28,32)/t24-/m1/s1. The minimum Gasteiger partial charge on any atom is -0.357 e. The number of amides is 3. The van der Waals surface area contributed by atoms with E-state index in [-0.39, 0.29) is 25.4 Å². The molecule has 1 atom stereocenters. The van der Waals surface area contributed by atoms with E-state index in [9.17, 15) is 19.6 Å². The van der Waals surface area contributed by atoms with Gasteiger partial charge in [0.2, 0.25) is 11.8 Å². The van der Waals surface area contributed by atoms with Gasteiger partial charge in [0.25, 0.3) is 5.91 Å². The lowest BCUT2D eigenvalue weighted by molar-refractivity contribution is -0.221. The SMILES string of the molecule is CNC(=O)[C@@H](NC(=O)CCC(=O)N(O)N1C=CN(c2ccc(-c3ccccc3)cc2)C1)C(C)(C)C. The molecule has 3 N–H and O–H groups in total. The predicted molar refractivity (Wildman–Crippen MR) is 134 cm³/mol. The molecule has 0 bridgehead atoms. The van der Waals surface area contributed by atoms with Crippen molar-refractivity contribution in [3.05, 3.63) is 67.0 Å². The van der Waals surface area contributed by atoms with Gasteiger partial charge in [-0.25, -0.2) is 5.01 Å². The molecule has 0 spiro atoms. The van der Waals surface area contributed by atoms with Crippen LogP contribution in [0.15, 0.2) is 67.0 Å². The van der Waals surface area contributed by atoms with Crippen LogP contribution in [0, 0.1) is 5.41 Å². The number of likely N-dealkylation sites (N-methyl/N-ethyl adjacent to an activating group) is 1. The van der Waals surface area contributed by atoms with Crippen LogP contribution in [0.2, 0.25) is 0 Å². The summed E-state index contributed by atoms with van der Waals surface area (Å²) in [6.45, 7) is 5.76. The quantitative estimate of drug-likeness (QED) is 0.397. The Bertz CT molecular complexity index is 1060. The largest absolute Gasteiger partial charge is 0.357 e. The van der Waals surface area contributed by atoms with E-state index in [0.29, 0.717) is 5.17 Å². The normalized spacial score (nSPS) is 14.0. The number of hydroxylamine groups is 1. The van der Waals surface area contributed by atoms with Crippen LogP contribution >= 0.6 is 0 Å². The molecule has 0 saturated heterocycles. The zero-order chi connectivity index (χ0) is 25.6. The van der Waals surface area contributed by atoms with E-state index in [4.69, 9.17) is 0 Å². The number of carbonyl (C=O) groups excluding carboxylic acids is 3. The highest BCUT2D eigenvalue weighted by Gasteiger charge is 2.32. The molecule has 3 amide bonds. The van der Waals surface area contributed by atoms with Crippen LogP contribution in [0.25, 0.3) is 11.1 Å². The summed E-state index contributed by atoms with van der Waals surface area (Å²) in [5.74, 6) is -1.37. The molecule has 3 rings (SSSR count). The fraction of sp³-hybridized carbons (Fsp3) is 0.346. The lowest BCUT2D eigenvalue weighted by Gasteiger charge is -2.30. The molecular formula is C26H33N5O4. The van der Waals surface area contributed by atoms with Gasteiger partial charge in [-0.2, -0.15) is 0 Å². The van der Waals surface area contributed by atoms with Crippen molar-refractivity contribution < 1.29 is 19.6 Å². The summed E-state index contributed by atoms with van der Waals surface area (Å²) in [5.41, 5.74) is 2.63. The van der Waals surface area contributed by atoms with E-state index in [1.165, 1.54) is 12.1 Å². The van der Waals surface area contributed by atoms with Gasteiger partial charge < -0.3 is 15.5 Å². The van der Waals surface area contributed by atoms with E-state index in [0.717, 1.165) is 16.8 Å². The molecule has 0 saturated carbocycles. The van der Waals surface area contributed by atoms with Crippen molar-refractivity contribution in [2.75, 3.05) is 18.6 Å². The molecule has 0 radical (unpaired) electrons. The summed E-state index contributed by atoms with van der Waals surface area (Å²) < 4.78 is 0. The van der Waals surface area contributed by atoms with Crippen molar-refractivity contribution in [3.63, 3.8) is 0 Å². The maximum absolute atomic E-state index is 12.5. The van der Waals surface area contributed by atoms with Gasteiger partial charge in [-0.1, -0.05) is 63.2 Å². The van der Waals surface area contributed by atoms with Crippen molar-refractivity contribution in [1.82, 2.24) is 20.8 Å². The molecule has 1 aliphatic heterocycles. The fourth-order valence-corrected chi connectivity index (χ4v) is 3.69. The third kappa shape index (κ3) is 6.60. The highest BCUT2D eigenvalue weighted by atomic mass is 16.6. The first kappa shape index (κ1) is 25.8. The summed E-state index contributed by atoms with van der Waals surface area (Å²) in [6.07, 6.45) is 2.99. The van der Waals surface area contributed by atoms with Gasteiger partial charge in [-0.05, 0) is 28.7 Å². The van der Waals surface area contributed by atoms with Gasteiger partial charge >= 0.3 is 0 Å². The third-order valence-corrected chi connectivity index (χ3v) is 5.73. The van der Waals surface area contributed by atoms with Crippen LogP contribution in [0.3, 0.4) is 0 Å². The molecule has 9 nitrogen and oxygen atoms in total. The van der Waals surface area contributed by atoms with Gasteiger partial charge in [0.1, 0.15) is 12.7 Å². The number of anilines is 1. The number of hydrazine groups is 1. The number of carbonyl (C=O) groups is 3. The monoisotopic (exact) mass is 479 g/mol. The number of hydrogen-bond acceptors (Lipinski definition) is 6. The van der Waals surface area contributed by atoms with E-state index in [2.05, 4.69) is 10.6 Å². The Morgan fingerprint density at radius 3 is 2.20 bits per heavy atom. The molecule has 0 aliphatic carbocycles. The van der Waals surface area contributed by atoms with Crippen LogP contribution in [0.4, 0.5) is 5.69 Å². The van der Waals surface area contributed by atoms with Crippen LogP contribution in [-0.4, -0.2) is 52.9 Å². The number of rotatable bonds is 8. The van der Waals surface area contributed by atoms with Crippen LogP contribution < -0.4 is 15.5 Å². The number of benzene rings is 2. The first-order chi connectivity index (χ1) is 16.6. The van der Waals surface area contributed by atoms with E-state index in [1.807, 2.05) is 80.3 Å². The Balaban J connectivity index is 1.51. The van der Waals surface area contributed by atoms with E-state index >= 15 is 0 Å². The molecule has 9 heteroatoms. The van der Waals surface area contributed by atoms with Crippen molar-refractivity contribution in [2.45, 2.75) is 39.7 Å². The van der Waals surface area contributed by atoms with Gasteiger partial charge in [0.05, 0.1) is 0 Å². The maximum atomic E-state index is 12.5. The summed E-state index contributed by atoms with van der Waals surface area (Å²) in [4.78, 5) is 38.8. The zero-order valence-electron chi connectivity index (χ0n) is 20.6. The van der Waals surface area contributed by atoms with E-state index < -0.39 is 23.3 Å². The van der Waals surface area contributed by atoms with Crippen molar-refractivity contribution >= 4 is 23.4 Å². The minimum atomic E-state index is -0.733. The summed E-state index contributed by atoms with van der Waals surface area (Å²) in [5, 5.41) is 17.4. The Labute approximate surface area is 205 Å². The first-order valence-electron chi connectivity index (χ1n) is 11.5. The maximum Gasteiger partial charge on any atom is 0.267 e. The average molecular weight is 480 g/mol. The summed E-state index contributed by atoms with van der Waals surface area (Å²) in [6, 6.07) is 17.3. The lowest BCUT2D eigenvalue weighted by Crippen LogP contribution is -2.53. The second-order valence-electron chi connectivity index (χ2n) is 9.43. The Morgan fingerprint density at radius 1 is 0.971 bits per heavy atom. The second kappa shape index (κ2) is 11.1. The van der Waals surface area contributed by atoms with Crippen molar-refractivity contribution in [1.29, 1.82) is 0 Å². The molecule has 35 heavy (non-hydrogen) atoms. The molecule has 1 heterocycles. The smallest absolute Gasteiger partial charge is 0.267 e. The Morgan fingerprint density at radius 2 is 1.60 bits per heavy atom. The molecule has 186 valence electrons. The van der Waals surface area contributed by atoms with Gasteiger partial charge in [-0.15, -0.1) is 5.17 Å². The minimum absolute atomic E-state index is 0.151. The Hall–Kier alpha value is -3.85. The molecule has 0 fully saturated rings. The molecule has 0 unspecified atom stereocenters. The Kier molecular flexibility index (Phi) is 8.14. The van der Waals surface area contributed by atoms with Crippen LogP contribution in [-0.2, 0) is 14.4 Å². The van der Waals surface area contributed by atoms with Crippen molar-refractivity contribution in [3.8, 4) is 11.1 Å². The number of hydrogen-bond donors (Lipinski definition) is 3. The fourth-order valence-electron chi connectivity index (χ4n) is 3.69. The number of nitrogens with one attached hydrogen (secondary N) is 2. The first-order valence-corrected chi connectivity index (χ1v) is 11.5. The lowest BCUT2D eigenvalue weighted by atomic mass is 9.86. The predicted octanol–water partition coefficient (Wildman–Crippen LogP) is 3.09. The van der Waals surface area contributed by atoms with E-state index in [1.54, 1.807) is 12.4 Å². The highest BCUT2D eigenvalue weighted by molar-refractivity contribution is 5.89. The van der Waals surface area contributed by atoms with Crippen molar-refractivity contribution in [2.24, 2.45) is 5.41 Å². The summed E-state index contributed by atoms with van der Waals surface area (Å²) in [7, 11) is 1.50. The molecule has 2 aromatic carbocycles. The topological polar surface area (TPSA) is 105 Å². The van der Waals surface area contributed by atoms with Crippen LogP contribution in [0.1, 0.15) is 33.6 Å². The second-order valence-corrected chi connectivity index (χ2v) is 9.43. The molecular weight excluding hydrogens is 446 g/mol. The van der Waals surface area contributed by atoms with Gasteiger partial charge in [0, 0.05) is 38.0 Å². The summed E-state index contributed by atoms with van der Waals surface area (Å²) >= 11 is 0. The highest BCUT2D eigenvalue weighted by Crippen LogP contribution is 2.25. The van der Waals surface area contributed by atoms with Gasteiger partial charge in [0.15, 0.2) is 0 Å². The third-order valence-electron chi connectivity index (χ3n) is 5.73. The molecule has 0 aromatic heterocycles. The van der Waals surface area contributed by atoms with Gasteiger partial charge in [-0.3, -0.25) is 19.6 Å².